The first kappa shape index (κ1) is 27.0. The van der Waals surface area contributed by atoms with Gasteiger partial charge < -0.3 is 16.4 Å². The van der Waals surface area contributed by atoms with E-state index >= 15 is 0 Å². The Balaban J connectivity index is 5.30. The molecule has 0 aliphatic carbocycles. The first-order chi connectivity index (χ1) is 13.3. The van der Waals surface area contributed by atoms with Crippen molar-refractivity contribution in [1.29, 1.82) is 0 Å². The average Bonchev–Trinajstić information content (AvgIpc) is 2.61. The third-order valence-corrected chi connectivity index (χ3v) is 4.33. The largest absolute Gasteiger partial charge is 0.344 e. The van der Waals surface area contributed by atoms with Crippen LogP contribution in [-0.4, -0.2) is 54.0 Å². The van der Waals surface area contributed by atoms with Crippen LogP contribution in [0.15, 0.2) is 0 Å². The molecule has 0 aromatic carbocycles. The summed E-state index contributed by atoms with van der Waals surface area (Å²) in [6.45, 7) is 11.5. The molecule has 0 fully saturated rings. The van der Waals surface area contributed by atoms with Gasteiger partial charge >= 0.3 is 0 Å². The lowest BCUT2D eigenvalue weighted by molar-refractivity contribution is -0.139. The maximum Gasteiger partial charge on any atom is 0.249 e. The first-order valence-corrected chi connectivity index (χ1v) is 9.84. The van der Waals surface area contributed by atoms with Crippen LogP contribution in [0.5, 0.6) is 0 Å². The van der Waals surface area contributed by atoms with Crippen LogP contribution >= 0.6 is 0 Å². The van der Waals surface area contributed by atoms with Gasteiger partial charge in [-0.3, -0.25) is 29.7 Å². The summed E-state index contributed by atoms with van der Waals surface area (Å²) >= 11 is 0. The van der Waals surface area contributed by atoms with Crippen molar-refractivity contribution in [1.82, 2.24) is 21.4 Å². The highest BCUT2D eigenvalue weighted by molar-refractivity contribution is 6.01. The molecule has 0 radical (unpaired) electrons. The van der Waals surface area contributed by atoms with Crippen LogP contribution < -0.4 is 27.2 Å². The molecule has 3 atom stereocenters. The lowest BCUT2D eigenvalue weighted by atomic mass is 9.85. The number of carbonyl (C=O) groups excluding carboxylic acids is 4. The molecular formula is C19H37N5O5. The zero-order valence-electron chi connectivity index (χ0n) is 18.3. The number of hydrogen-bond donors (Lipinski definition) is 6. The summed E-state index contributed by atoms with van der Waals surface area (Å²) in [5.41, 5.74) is 6.23. The van der Waals surface area contributed by atoms with E-state index in [1.807, 2.05) is 13.8 Å². The monoisotopic (exact) mass is 415 g/mol. The highest BCUT2D eigenvalue weighted by atomic mass is 16.5. The quantitative estimate of drug-likeness (QED) is 0.198. The molecule has 10 nitrogen and oxygen atoms in total. The van der Waals surface area contributed by atoms with Crippen molar-refractivity contribution in [3.8, 4) is 0 Å². The van der Waals surface area contributed by atoms with Crippen molar-refractivity contribution < 1.29 is 24.4 Å². The molecule has 4 amide bonds. The van der Waals surface area contributed by atoms with Gasteiger partial charge in [0.05, 0.1) is 6.04 Å². The van der Waals surface area contributed by atoms with E-state index in [1.165, 1.54) is 5.48 Å². The van der Waals surface area contributed by atoms with Crippen molar-refractivity contribution in [2.24, 2.45) is 23.0 Å². The predicted octanol–water partition coefficient (Wildman–Crippen LogP) is -0.345. The molecule has 0 unspecified atom stereocenters. The molecule has 0 aromatic heterocycles. The van der Waals surface area contributed by atoms with Crippen LogP contribution in [0.3, 0.4) is 0 Å². The number of rotatable bonds is 11. The minimum Gasteiger partial charge on any atom is -0.344 e. The molecule has 0 bridgehead atoms. The molecule has 0 saturated heterocycles. The van der Waals surface area contributed by atoms with Gasteiger partial charge in [-0.15, -0.1) is 0 Å². The van der Waals surface area contributed by atoms with E-state index in [9.17, 15) is 19.2 Å². The highest BCUT2D eigenvalue weighted by Gasteiger charge is 2.36. The Hall–Kier alpha value is -2.04. The Morgan fingerprint density at radius 1 is 1.00 bits per heavy atom. The van der Waals surface area contributed by atoms with Crippen LogP contribution in [0.1, 0.15) is 54.4 Å². The molecule has 0 spiro atoms. The zero-order chi connectivity index (χ0) is 22.8. The van der Waals surface area contributed by atoms with Crippen LogP contribution in [-0.2, 0) is 19.2 Å². The number of nitrogens with one attached hydrogen (secondary N) is 4. The van der Waals surface area contributed by atoms with E-state index in [0.717, 1.165) is 0 Å². The molecule has 0 saturated carbocycles. The fraction of sp³-hybridized carbons (Fsp3) is 0.789. The molecule has 0 aromatic rings. The number of hydrogen-bond acceptors (Lipinski definition) is 7. The topological polar surface area (TPSA) is 163 Å². The van der Waals surface area contributed by atoms with E-state index in [2.05, 4.69) is 16.0 Å². The summed E-state index contributed by atoms with van der Waals surface area (Å²) in [6.07, 6.45) is 0.189. The van der Waals surface area contributed by atoms with Crippen LogP contribution in [0.4, 0.5) is 0 Å². The van der Waals surface area contributed by atoms with E-state index in [4.69, 9.17) is 10.9 Å². The molecule has 0 heterocycles. The molecule has 10 heteroatoms. The standard InChI is InChI=1S/C19H37N5O5/c1-11(2)9-13(10-14(25)24-29)17(27)22-15(19(4,5)6)18(28)23-16(26)12(3)21-8-7-20/h11-13,15,21,29H,7-10,20H2,1-6H3,(H,22,27)(H,24,25)(H,23,26,28)/t12-,13+,15+/m0/s1. The molecule has 0 aliphatic rings. The number of carbonyl (C=O) groups is 4. The lowest BCUT2D eigenvalue weighted by Crippen LogP contribution is -2.58. The Kier molecular flexibility index (Phi) is 11.6. The molecule has 29 heavy (non-hydrogen) atoms. The third kappa shape index (κ3) is 10.3. The van der Waals surface area contributed by atoms with Crippen molar-refractivity contribution >= 4 is 23.6 Å². The Morgan fingerprint density at radius 3 is 2.03 bits per heavy atom. The minimum absolute atomic E-state index is 0.121. The normalized spacial score (nSPS) is 14.7. The van der Waals surface area contributed by atoms with Crippen molar-refractivity contribution in [3.63, 3.8) is 0 Å². The summed E-state index contributed by atoms with van der Waals surface area (Å²) in [5, 5.41) is 16.6. The fourth-order valence-corrected chi connectivity index (χ4v) is 2.75. The minimum atomic E-state index is -0.993. The van der Waals surface area contributed by atoms with Crippen LogP contribution in [0.2, 0.25) is 0 Å². The summed E-state index contributed by atoms with van der Waals surface area (Å²) in [4.78, 5) is 49.3. The summed E-state index contributed by atoms with van der Waals surface area (Å²) < 4.78 is 0. The van der Waals surface area contributed by atoms with Gasteiger partial charge in [0.15, 0.2) is 0 Å². The maximum atomic E-state index is 12.8. The maximum absolute atomic E-state index is 12.8. The molecule has 0 aliphatic heterocycles. The van der Waals surface area contributed by atoms with Gasteiger partial charge in [0, 0.05) is 25.4 Å². The van der Waals surface area contributed by atoms with Crippen molar-refractivity contribution in [2.75, 3.05) is 13.1 Å². The smallest absolute Gasteiger partial charge is 0.249 e. The van der Waals surface area contributed by atoms with Gasteiger partial charge in [0.1, 0.15) is 6.04 Å². The Bertz CT molecular complexity index is 574. The molecule has 0 rings (SSSR count). The highest BCUT2D eigenvalue weighted by Crippen LogP contribution is 2.22. The molecular weight excluding hydrogens is 378 g/mol. The van der Waals surface area contributed by atoms with Gasteiger partial charge in [-0.2, -0.15) is 0 Å². The summed E-state index contributed by atoms with van der Waals surface area (Å²) in [6, 6.07) is -1.62. The fourth-order valence-electron chi connectivity index (χ4n) is 2.75. The molecule has 7 N–H and O–H groups in total. The zero-order valence-corrected chi connectivity index (χ0v) is 18.3. The number of hydroxylamine groups is 1. The van der Waals surface area contributed by atoms with E-state index < -0.39 is 47.0 Å². The predicted molar refractivity (Wildman–Crippen MR) is 109 cm³/mol. The van der Waals surface area contributed by atoms with Crippen LogP contribution in [0, 0.1) is 17.3 Å². The van der Waals surface area contributed by atoms with Gasteiger partial charge in [0.25, 0.3) is 0 Å². The van der Waals surface area contributed by atoms with Gasteiger partial charge in [0.2, 0.25) is 23.6 Å². The van der Waals surface area contributed by atoms with E-state index in [1.54, 1.807) is 27.7 Å². The van der Waals surface area contributed by atoms with Crippen molar-refractivity contribution in [3.05, 3.63) is 0 Å². The third-order valence-electron chi connectivity index (χ3n) is 4.33. The lowest BCUT2D eigenvalue weighted by Gasteiger charge is -2.32. The number of imide groups is 1. The SMILES string of the molecule is CC(C)C[C@H](CC(=O)NO)C(=O)N[C@H](C(=O)NC(=O)[C@H](C)NCCN)C(C)(C)C. The van der Waals surface area contributed by atoms with Gasteiger partial charge in [-0.25, -0.2) is 5.48 Å². The Labute approximate surface area is 172 Å². The second kappa shape index (κ2) is 12.5. The number of amides is 4. The van der Waals surface area contributed by atoms with E-state index in [0.29, 0.717) is 19.5 Å². The summed E-state index contributed by atoms with van der Waals surface area (Å²) in [7, 11) is 0. The second-order valence-electron chi connectivity index (χ2n) is 8.69. The Morgan fingerprint density at radius 2 is 1.59 bits per heavy atom. The first-order valence-electron chi connectivity index (χ1n) is 9.84. The van der Waals surface area contributed by atoms with Crippen LogP contribution in [0.25, 0.3) is 0 Å². The van der Waals surface area contributed by atoms with Gasteiger partial charge in [-0.1, -0.05) is 34.6 Å². The number of nitrogens with two attached hydrogens (primary N) is 1. The summed E-state index contributed by atoms with van der Waals surface area (Å²) in [5.74, 6) is -2.93. The van der Waals surface area contributed by atoms with Crippen molar-refractivity contribution in [2.45, 2.75) is 66.5 Å². The second-order valence-corrected chi connectivity index (χ2v) is 8.69. The van der Waals surface area contributed by atoms with Gasteiger partial charge in [-0.05, 0) is 24.7 Å². The average molecular weight is 416 g/mol. The van der Waals surface area contributed by atoms with E-state index in [-0.39, 0.29) is 12.3 Å². The molecule has 168 valence electrons.